The molecule has 0 aliphatic carbocycles. The molecule has 1 N–H and O–H groups in total. The molecule has 1 atom stereocenters. The molecule has 0 radical (unpaired) electrons. The average molecular weight is 261 g/mol. The van der Waals surface area contributed by atoms with E-state index in [1.165, 1.54) is 4.68 Å². The fourth-order valence-corrected chi connectivity index (χ4v) is 2.11. The molecule has 6 heteroatoms. The van der Waals surface area contributed by atoms with E-state index >= 15 is 0 Å². The van der Waals surface area contributed by atoms with Crippen molar-refractivity contribution in [2.24, 2.45) is 7.05 Å². The summed E-state index contributed by atoms with van der Waals surface area (Å²) in [5.41, 5.74) is 0.491. The van der Waals surface area contributed by atoms with E-state index in [1.807, 2.05) is 14.1 Å². The lowest BCUT2D eigenvalue weighted by atomic mass is 10.2. The molecular weight excluding hydrogens is 242 g/mol. The Bertz CT molecular complexity index is 634. The molecule has 0 aromatic carbocycles. The van der Waals surface area contributed by atoms with E-state index in [0.717, 1.165) is 6.54 Å². The SMILES string of the molecule is C[C@@H](CN(C)C)Nc1nn(C)c(=O)c2cccnc12. The molecular formula is C13H19N5O. The van der Waals surface area contributed by atoms with Crippen molar-refractivity contribution in [2.45, 2.75) is 13.0 Å². The van der Waals surface area contributed by atoms with Gasteiger partial charge < -0.3 is 10.2 Å². The highest BCUT2D eigenvalue weighted by molar-refractivity contribution is 5.86. The average Bonchev–Trinajstić information content (AvgIpc) is 2.34. The number of aromatic nitrogens is 3. The smallest absolute Gasteiger partial charge is 0.276 e. The third-order valence-electron chi connectivity index (χ3n) is 2.83. The Morgan fingerprint density at radius 1 is 1.47 bits per heavy atom. The molecule has 0 unspecified atom stereocenters. The first-order valence-electron chi connectivity index (χ1n) is 6.22. The number of nitrogens with zero attached hydrogens (tertiary/aromatic N) is 4. The van der Waals surface area contributed by atoms with E-state index in [9.17, 15) is 4.79 Å². The second-order valence-corrected chi connectivity index (χ2v) is 4.98. The molecule has 102 valence electrons. The van der Waals surface area contributed by atoms with Crippen molar-refractivity contribution in [2.75, 3.05) is 26.0 Å². The van der Waals surface area contributed by atoms with Crippen LogP contribution in [0.2, 0.25) is 0 Å². The first-order valence-corrected chi connectivity index (χ1v) is 6.22. The Hall–Kier alpha value is -1.95. The van der Waals surface area contributed by atoms with Gasteiger partial charge in [0, 0.05) is 25.8 Å². The first kappa shape index (κ1) is 13.5. The maximum atomic E-state index is 12.0. The molecule has 0 aliphatic heterocycles. The number of hydrogen-bond acceptors (Lipinski definition) is 5. The molecule has 0 amide bonds. The predicted molar refractivity (Wildman–Crippen MR) is 76.4 cm³/mol. The van der Waals surface area contributed by atoms with Crippen LogP contribution in [0.25, 0.3) is 10.9 Å². The lowest BCUT2D eigenvalue weighted by Gasteiger charge is -2.19. The van der Waals surface area contributed by atoms with Gasteiger partial charge in [-0.15, -0.1) is 0 Å². The molecule has 6 nitrogen and oxygen atoms in total. The summed E-state index contributed by atoms with van der Waals surface area (Å²) in [6.07, 6.45) is 1.67. The number of nitrogens with one attached hydrogen (secondary N) is 1. The molecule has 2 aromatic heterocycles. The third-order valence-corrected chi connectivity index (χ3v) is 2.83. The van der Waals surface area contributed by atoms with Crippen LogP contribution in [0.5, 0.6) is 0 Å². The summed E-state index contributed by atoms with van der Waals surface area (Å²) in [7, 11) is 5.68. The summed E-state index contributed by atoms with van der Waals surface area (Å²) in [5.74, 6) is 0.645. The van der Waals surface area contributed by atoms with Gasteiger partial charge in [0.2, 0.25) is 0 Å². The fraction of sp³-hybridized carbons (Fsp3) is 0.462. The van der Waals surface area contributed by atoms with Crippen molar-refractivity contribution in [3.05, 3.63) is 28.7 Å². The van der Waals surface area contributed by atoms with Gasteiger partial charge in [-0.2, -0.15) is 5.10 Å². The van der Waals surface area contributed by atoms with Gasteiger partial charge in [0.25, 0.3) is 5.56 Å². The standard InChI is InChI=1S/C13H19N5O/c1-9(8-17(2)3)15-12-11-10(6-5-7-14-11)13(19)18(4)16-12/h5-7,9H,8H2,1-4H3,(H,15,16)/t9-/m0/s1. The minimum absolute atomic E-state index is 0.131. The maximum absolute atomic E-state index is 12.0. The van der Waals surface area contributed by atoms with Gasteiger partial charge >= 0.3 is 0 Å². The molecule has 0 fully saturated rings. The summed E-state index contributed by atoms with van der Waals surface area (Å²) >= 11 is 0. The predicted octanol–water partition coefficient (Wildman–Crippen LogP) is 0.690. The summed E-state index contributed by atoms with van der Waals surface area (Å²) in [6.45, 7) is 2.94. The summed E-state index contributed by atoms with van der Waals surface area (Å²) < 4.78 is 1.34. The Labute approximate surface area is 112 Å². The van der Waals surface area contributed by atoms with Crippen LogP contribution < -0.4 is 10.9 Å². The van der Waals surface area contributed by atoms with Gasteiger partial charge in [-0.25, -0.2) is 4.68 Å². The number of rotatable bonds is 4. The first-order chi connectivity index (χ1) is 8.99. The minimum Gasteiger partial charge on any atom is -0.363 e. The Morgan fingerprint density at radius 3 is 2.89 bits per heavy atom. The molecule has 19 heavy (non-hydrogen) atoms. The lowest BCUT2D eigenvalue weighted by Crippen LogP contribution is -2.31. The molecule has 0 saturated carbocycles. The molecule has 2 heterocycles. The second-order valence-electron chi connectivity index (χ2n) is 4.98. The van der Waals surface area contributed by atoms with Crippen molar-refractivity contribution in [3.8, 4) is 0 Å². The van der Waals surface area contributed by atoms with Gasteiger partial charge in [0.1, 0.15) is 5.52 Å². The van der Waals surface area contributed by atoms with E-state index < -0.39 is 0 Å². The number of hydrogen-bond donors (Lipinski definition) is 1. The van der Waals surface area contributed by atoms with E-state index in [-0.39, 0.29) is 11.6 Å². The summed E-state index contributed by atoms with van der Waals surface area (Å²) in [4.78, 5) is 18.3. The summed E-state index contributed by atoms with van der Waals surface area (Å²) in [6, 6.07) is 3.75. The zero-order valence-electron chi connectivity index (χ0n) is 11.7. The van der Waals surface area contributed by atoms with Crippen LogP contribution in [0.1, 0.15) is 6.92 Å². The molecule has 0 aliphatic rings. The lowest BCUT2D eigenvalue weighted by molar-refractivity contribution is 0.391. The number of pyridine rings is 1. The highest BCUT2D eigenvalue weighted by Gasteiger charge is 2.12. The zero-order chi connectivity index (χ0) is 14.0. The van der Waals surface area contributed by atoms with Crippen molar-refractivity contribution in [3.63, 3.8) is 0 Å². The van der Waals surface area contributed by atoms with Gasteiger partial charge in [0.15, 0.2) is 5.82 Å². The van der Waals surface area contributed by atoms with Gasteiger partial charge in [-0.1, -0.05) is 0 Å². The molecule has 0 saturated heterocycles. The Balaban J connectivity index is 2.43. The zero-order valence-corrected chi connectivity index (χ0v) is 11.7. The number of fused-ring (bicyclic) bond motifs is 1. The third kappa shape index (κ3) is 2.90. The van der Waals surface area contributed by atoms with Crippen molar-refractivity contribution < 1.29 is 0 Å². The molecule has 0 bridgehead atoms. The van der Waals surface area contributed by atoms with Crippen LogP contribution in [0.4, 0.5) is 5.82 Å². The highest BCUT2D eigenvalue weighted by atomic mass is 16.1. The van der Waals surface area contributed by atoms with Crippen LogP contribution in [0, 0.1) is 0 Å². The minimum atomic E-state index is -0.131. The Morgan fingerprint density at radius 2 is 2.21 bits per heavy atom. The maximum Gasteiger partial charge on any atom is 0.276 e. The van der Waals surface area contributed by atoms with Crippen LogP contribution >= 0.6 is 0 Å². The van der Waals surface area contributed by atoms with E-state index in [0.29, 0.717) is 16.7 Å². The topological polar surface area (TPSA) is 63.1 Å². The highest BCUT2D eigenvalue weighted by Crippen LogP contribution is 2.15. The van der Waals surface area contributed by atoms with Crippen molar-refractivity contribution in [1.82, 2.24) is 19.7 Å². The van der Waals surface area contributed by atoms with Crippen LogP contribution in [-0.4, -0.2) is 46.3 Å². The molecule has 0 spiro atoms. The van der Waals surface area contributed by atoms with Gasteiger partial charge in [0.05, 0.1) is 5.39 Å². The van der Waals surface area contributed by atoms with Crippen LogP contribution in [0.3, 0.4) is 0 Å². The fourth-order valence-electron chi connectivity index (χ4n) is 2.11. The number of aryl methyl sites for hydroxylation is 1. The van der Waals surface area contributed by atoms with Crippen molar-refractivity contribution in [1.29, 1.82) is 0 Å². The number of likely N-dealkylation sites (N-methyl/N-ethyl adjacent to an activating group) is 1. The normalized spacial score (nSPS) is 12.9. The Kier molecular flexibility index (Phi) is 3.80. The molecule has 2 aromatic rings. The summed E-state index contributed by atoms with van der Waals surface area (Å²) in [5, 5.41) is 8.15. The second kappa shape index (κ2) is 5.36. The van der Waals surface area contributed by atoms with E-state index in [2.05, 4.69) is 27.2 Å². The largest absolute Gasteiger partial charge is 0.363 e. The quantitative estimate of drug-likeness (QED) is 0.877. The van der Waals surface area contributed by atoms with E-state index in [4.69, 9.17) is 0 Å². The molecule has 2 rings (SSSR count). The number of anilines is 1. The van der Waals surface area contributed by atoms with Crippen LogP contribution in [-0.2, 0) is 7.05 Å². The van der Waals surface area contributed by atoms with E-state index in [1.54, 1.807) is 25.4 Å². The van der Waals surface area contributed by atoms with Crippen molar-refractivity contribution >= 4 is 16.7 Å². The monoisotopic (exact) mass is 261 g/mol. The van der Waals surface area contributed by atoms with Crippen LogP contribution in [0.15, 0.2) is 23.1 Å². The van der Waals surface area contributed by atoms with Gasteiger partial charge in [-0.3, -0.25) is 9.78 Å². The van der Waals surface area contributed by atoms with Gasteiger partial charge in [-0.05, 0) is 33.2 Å².